The first-order valence-corrected chi connectivity index (χ1v) is 13.3. The summed E-state index contributed by atoms with van der Waals surface area (Å²) < 4.78 is 12.7. The van der Waals surface area contributed by atoms with Crippen LogP contribution < -0.4 is 29.7 Å². The number of allylic oxidation sites excluding steroid dienone is 1. The van der Waals surface area contributed by atoms with Crippen LogP contribution in [0.25, 0.3) is 6.08 Å². The van der Waals surface area contributed by atoms with Crippen molar-refractivity contribution in [2.24, 2.45) is 4.99 Å². The molecule has 0 bridgehead atoms. The van der Waals surface area contributed by atoms with Crippen molar-refractivity contribution in [3.63, 3.8) is 0 Å². The minimum absolute atomic E-state index is 0.209. The van der Waals surface area contributed by atoms with Gasteiger partial charge in [0.1, 0.15) is 11.5 Å². The molecule has 39 heavy (non-hydrogen) atoms. The fourth-order valence-electron chi connectivity index (χ4n) is 4.71. The Kier molecular flexibility index (Phi) is 7.21. The average Bonchev–Trinajstić information content (AvgIpc) is 3.23. The van der Waals surface area contributed by atoms with Crippen molar-refractivity contribution in [3.05, 3.63) is 120 Å². The maximum Gasteiger partial charge on any atom is 0.271 e. The van der Waals surface area contributed by atoms with Gasteiger partial charge < -0.3 is 14.8 Å². The molecule has 0 unspecified atom stereocenters. The van der Waals surface area contributed by atoms with Crippen molar-refractivity contribution in [2.75, 3.05) is 19.5 Å². The van der Waals surface area contributed by atoms with E-state index >= 15 is 0 Å². The van der Waals surface area contributed by atoms with E-state index in [9.17, 15) is 9.59 Å². The number of nitrogens with one attached hydrogen (secondary N) is 1. The number of benzene rings is 3. The quantitative estimate of drug-likeness (QED) is 0.391. The lowest BCUT2D eigenvalue weighted by molar-refractivity contribution is -0.113. The highest BCUT2D eigenvalue weighted by Gasteiger charge is 2.32. The Morgan fingerprint density at radius 1 is 0.949 bits per heavy atom. The highest BCUT2D eigenvalue weighted by atomic mass is 32.1. The summed E-state index contributed by atoms with van der Waals surface area (Å²) in [6, 6.07) is 20.1. The Balaban J connectivity index is 1.64. The van der Waals surface area contributed by atoms with E-state index in [2.05, 4.69) is 5.32 Å². The number of hydrogen-bond acceptors (Lipinski definition) is 6. The molecule has 0 saturated carbocycles. The van der Waals surface area contributed by atoms with E-state index < -0.39 is 6.04 Å². The highest BCUT2D eigenvalue weighted by molar-refractivity contribution is 7.07. The van der Waals surface area contributed by atoms with Crippen LogP contribution in [-0.4, -0.2) is 24.7 Å². The van der Waals surface area contributed by atoms with Crippen LogP contribution >= 0.6 is 11.3 Å². The van der Waals surface area contributed by atoms with Gasteiger partial charge in [-0.15, -0.1) is 0 Å². The second kappa shape index (κ2) is 10.7. The number of nitrogens with zero attached hydrogens (tertiary/aromatic N) is 2. The topological polar surface area (TPSA) is 81.9 Å². The maximum atomic E-state index is 13.9. The number of methoxy groups -OCH3 is 2. The summed E-state index contributed by atoms with van der Waals surface area (Å²) in [7, 11) is 3.21. The van der Waals surface area contributed by atoms with Crippen molar-refractivity contribution in [3.8, 4) is 11.5 Å². The Hall–Kier alpha value is -4.43. The number of aryl methyl sites for hydroxylation is 2. The van der Waals surface area contributed by atoms with Gasteiger partial charge in [0.2, 0.25) is 0 Å². The largest absolute Gasteiger partial charge is 0.497 e. The zero-order chi connectivity index (χ0) is 27.7. The van der Waals surface area contributed by atoms with Gasteiger partial charge in [-0.05, 0) is 73.9 Å². The van der Waals surface area contributed by atoms with Gasteiger partial charge in [0.25, 0.3) is 11.5 Å². The second-order valence-corrected chi connectivity index (χ2v) is 10.4. The van der Waals surface area contributed by atoms with Gasteiger partial charge in [-0.2, -0.15) is 0 Å². The Morgan fingerprint density at radius 2 is 1.59 bits per heavy atom. The summed E-state index contributed by atoms with van der Waals surface area (Å²) in [4.78, 5) is 32.9. The molecule has 5 rings (SSSR count). The fourth-order valence-corrected chi connectivity index (χ4v) is 5.76. The van der Waals surface area contributed by atoms with Gasteiger partial charge in [-0.1, -0.05) is 53.3 Å². The predicted molar refractivity (Wildman–Crippen MR) is 154 cm³/mol. The molecule has 0 aliphatic carbocycles. The SMILES string of the molecule is COc1ccc(/C=c2/sc3n(c2=O)[C@H](c2ccc(OC)cc2)C(C(=O)Nc2ccc(C)cc2C)=C(C)N=3)cc1. The number of thiazole rings is 1. The van der Waals surface area contributed by atoms with Crippen LogP contribution in [0, 0.1) is 13.8 Å². The zero-order valence-corrected chi connectivity index (χ0v) is 23.3. The van der Waals surface area contributed by atoms with E-state index in [1.54, 1.807) is 18.8 Å². The van der Waals surface area contributed by atoms with E-state index in [1.807, 2.05) is 93.6 Å². The average molecular weight is 540 g/mol. The zero-order valence-electron chi connectivity index (χ0n) is 22.4. The van der Waals surface area contributed by atoms with Crippen LogP contribution in [0.1, 0.15) is 35.2 Å². The molecule has 1 amide bonds. The Morgan fingerprint density at radius 3 is 2.21 bits per heavy atom. The monoisotopic (exact) mass is 539 g/mol. The van der Waals surface area contributed by atoms with Gasteiger partial charge in [0.05, 0.1) is 36.1 Å². The molecule has 1 aromatic heterocycles. The van der Waals surface area contributed by atoms with E-state index in [0.29, 0.717) is 26.4 Å². The first-order valence-electron chi connectivity index (χ1n) is 12.5. The molecule has 3 aromatic carbocycles. The third-order valence-electron chi connectivity index (χ3n) is 6.74. The van der Waals surface area contributed by atoms with Gasteiger partial charge in [-0.3, -0.25) is 14.2 Å². The highest BCUT2D eigenvalue weighted by Crippen LogP contribution is 2.32. The van der Waals surface area contributed by atoms with Crippen molar-refractivity contribution in [2.45, 2.75) is 26.8 Å². The molecule has 0 fully saturated rings. The number of aromatic nitrogens is 1. The first-order chi connectivity index (χ1) is 18.8. The standard InChI is InChI=1S/C31H29N3O4S/c1-18-6-15-25(19(2)16-18)33-29(35)27-20(3)32-31-34(28(27)22-9-13-24(38-5)14-10-22)30(36)26(39-31)17-21-7-11-23(37-4)12-8-21/h6-17,28H,1-5H3,(H,33,35)/b26-17+/t28-/m1/s1. The van der Waals surface area contributed by atoms with Gasteiger partial charge in [0.15, 0.2) is 4.80 Å². The summed E-state index contributed by atoms with van der Waals surface area (Å²) >= 11 is 1.30. The van der Waals surface area contributed by atoms with E-state index in [4.69, 9.17) is 14.5 Å². The van der Waals surface area contributed by atoms with Crippen LogP contribution in [-0.2, 0) is 4.79 Å². The number of rotatable bonds is 6. The molecule has 7 nitrogen and oxygen atoms in total. The number of anilines is 1. The number of ether oxygens (including phenoxy) is 2. The van der Waals surface area contributed by atoms with Crippen LogP contribution in [0.3, 0.4) is 0 Å². The molecule has 1 aliphatic heterocycles. The van der Waals surface area contributed by atoms with Crippen molar-refractivity contribution in [1.82, 2.24) is 4.57 Å². The molecule has 1 atom stereocenters. The fraction of sp³-hybridized carbons (Fsp3) is 0.194. The second-order valence-electron chi connectivity index (χ2n) is 9.40. The van der Waals surface area contributed by atoms with Gasteiger partial charge >= 0.3 is 0 Å². The summed E-state index contributed by atoms with van der Waals surface area (Å²) in [5, 5.41) is 3.05. The third-order valence-corrected chi connectivity index (χ3v) is 7.72. The third kappa shape index (κ3) is 5.15. The molecule has 0 spiro atoms. The van der Waals surface area contributed by atoms with E-state index in [1.165, 1.54) is 11.3 Å². The molecular weight excluding hydrogens is 510 g/mol. The van der Waals surface area contributed by atoms with Crippen molar-refractivity contribution < 1.29 is 14.3 Å². The Labute approximate surface area is 230 Å². The normalized spacial score (nSPS) is 15.0. The summed E-state index contributed by atoms with van der Waals surface area (Å²) in [6.45, 7) is 5.78. The van der Waals surface area contributed by atoms with E-state index in [0.717, 1.165) is 33.7 Å². The molecule has 198 valence electrons. The summed E-state index contributed by atoms with van der Waals surface area (Å²) in [5.74, 6) is 1.13. The van der Waals surface area contributed by atoms with Crippen molar-refractivity contribution in [1.29, 1.82) is 0 Å². The molecule has 2 heterocycles. The number of carbonyl (C=O) groups is 1. The number of carbonyl (C=O) groups excluding carboxylic acids is 1. The lowest BCUT2D eigenvalue weighted by Gasteiger charge is -2.25. The molecule has 0 radical (unpaired) electrons. The maximum absolute atomic E-state index is 13.9. The number of fused-ring (bicyclic) bond motifs is 1. The lowest BCUT2D eigenvalue weighted by atomic mass is 9.95. The molecule has 0 saturated heterocycles. The smallest absolute Gasteiger partial charge is 0.271 e. The van der Waals surface area contributed by atoms with Crippen molar-refractivity contribution >= 4 is 29.0 Å². The summed E-state index contributed by atoms with van der Waals surface area (Å²) in [6.07, 6.45) is 1.84. The summed E-state index contributed by atoms with van der Waals surface area (Å²) in [5.41, 5.74) is 5.22. The minimum Gasteiger partial charge on any atom is -0.497 e. The van der Waals surface area contributed by atoms with Gasteiger partial charge in [-0.25, -0.2) is 4.99 Å². The molecule has 1 aliphatic rings. The van der Waals surface area contributed by atoms with Crippen LogP contribution in [0.4, 0.5) is 5.69 Å². The predicted octanol–water partition coefficient (Wildman–Crippen LogP) is 4.51. The van der Waals surface area contributed by atoms with Crippen LogP contribution in [0.2, 0.25) is 0 Å². The molecule has 1 N–H and O–H groups in total. The van der Waals surface area contributed by atoms with Crippen LogP contribution in [0.5, 0.6) is 11.5 Å². The first kappa shape index (κ1) is 26.2. The number of amides is 1. The molecular formula is C31H29N3O4S. The van der Waals surface area contributed by atoms with Crippen LogP contribution in [0.15, 0.2) is 87.8 Å². The minimum atomic E-state index is -0.657. The number of hydrogen-bond donors (Lipinski definition) is 1. The Bertz CT molecular complexity index is 1760. The van der Waals surface area contributed by atoms with Gasteiger partial charge in [0, 0.05) is 5.69 Å². The molecule has 4 aromatic rings. The lowest BCUT2D eigenvalue weighted by Crippen LogP contribution is -2.40. The van der Waals surface area contributed by atoms with E-state index in [-0.39, 0.29) is 11.5 Å². The molecule has 8 heteroatoms.